The summed E-state index contributed by atoms with van der Waals surface area (Å²) >= 11 is 0. The first kappa shape index (κ1) is 20.8. The third kappa shape index (κ3) is 2.74. The van der Waals surface area contributed by atoms with Gasteiger partial charge in [0.15, 0.2) is 11.4 Å². The molecule has 5 rings (SSSR count). The van der Waals surface area contributed by atoms with Gasteiger partial charge < -0.3 is 26.2 Å². The summed E-state index contributed by atoms with van der Waals surface area (Å²) in [4.78, 5) is 45.6. The van der Waals surface area contributed by atoms with Crippen molar-refractivity contribution in [1.82, 2.24) is 9.97 Å². The maximum atomic E-state index is 13.5. The molecule has 0 spiro atoms. The lowest BCUT2D eigenvalue weighted by atomic mass is 9.59. The summed E-state index contributed by atoms with van der Waals surface area (Å²) in [5.74, 6) is -6.53. The number of aliphatic hydroxyl groups excluding tert-OH is 2. The molecular formula is C23H19N3O7. The Labute approximate surface area is 186 Å². The second-order valence-corrected chi connectivity index (χ2v) is 8.52. The van der Waals surface area contributed by atoms with Crippen LogP contribution in [0, 0.1) is 11.8 Å². The quantitative estimate of drug-likeness (QED) is 0.415. The Morgan fingerprint density at radius 2 is 1.79 bits per heavy atom. The molecule has 3 unspecified atom stereocenters. The van der Waals surface area contributed by atoms with Gasteiger partial charge in [0.1, 0.15) is 29.2 Å². The first-order valence-corrected chi connectivity index (χ1v) is 10.2. The predicted octanol–water partition coefficient (Wildman–Crippen LogP) is 0.881. The van der Waals surface area contributed by atoms with Gasteiger partial charge in [0.05, 0.1) is 5.56 Å². The van der Waals surface area contributed by atoms with Crippen LogP contribution in [-0.2, 0) is 20.8 Å². The number of rotatable bonds is 2. The van der Waals surface area contributed by atoms with Crippen LogP contribution in [0.2, 0.25) is 0 Å². The van der Waals surface area contributed by atoms with E-state index in [1.54, 1.807) is 18.5 Å². The summed E-state index contributed by atoms with van der Waals surface area (Å²) in [5, 5.41) is 43.4. The van der Waals surface area contributed by atoms with Gasteiger partial charge in [-0.2, -0.15) is 0 Å². The SMILES string of the molecule is NC(=O)C1=C(O)C2(O)C(=O)C3=C(O)c4c(O)ccc(-c5cncnc5)c4CC3CC2CC1=O. The van der Waals surface area contributed by atoms with E-state index in [1.807, 2.05) is 0 Å². The van der Waals surface area contributed by atoms with Crippen molar-refractivity contribution in [2.24, 2.45) is 17.6 Å². The van der Waals surface area contributed by atoms with E-state index >= 15 is 0 Å². The second kappa shape index (κ2) is 6.97. The van der Waals surface area contributed by atoms with E-state index in [0.29, 0.717) is 16.7 Å². The van der Waals surface area contributed by atoms with Crippen LogP contribution in [0.15, 0.2) is 47.8 Å². The van der Waals surface area contributed by atoms with Crippen LogP contribution in [-0.4, -0.2) is 53.5 Å². The topological polar surface area (TPSA) is 184 Å². The highest BCUT2D eigenvalue weighted by atomic mass is 16.3. The Morgan fingerprint density at radius 1 is 1.09 bits per heavy atom. The number of carbonyl (C=O) groups excluding carboxylic acids is 3. The van der Waals surface area contributed by atoms with Crippen LogP contribution in [0.1, 0.15) is 24.0 Å². The highest BCUT2D eigenvalue weighted by Crippen LogP contribution is 2.52. The number of phenols is 1. The molecule has 1 amide bonds. The lowest BCUT2D eigenvalue weighted by molar-refractivity contribution is -0.147. The number of Topliss-reactive ketones (excluding diaryl/α,β-unsaturated/α-hetero) is 2. The molecule has 1 saturated carbocycles. The number of carbonyl (C=O) groups is 3. The molecule has 3 aliphatic carbocycles. The molecule has 2 aromatic rings. The van der Waals surface area contributed by atoms with Gasteiger partial charge in [0.2, 0.25) is 5.78 Å². The number of benzene rings is 1. The summed E-state index contributed by atoms with van der Waals surface area (Å²) in [7, 11) is 0. The molecule has 1 aromatic heterocycles. The zero-order valence-corrected chi connectivity index (χ0v) is 17.1. The largest absolute Gasteiger partial charge is 0.508 e. The van der Waals surface area contributed by atoms with Crippen molar-refractivity contribution in [1.29, 1.82) is 0 Å². The standard InChI is InChI=1S/C23H19N3O7/c24-22(32)18-15(28)5-11-3-9-4-13-12(10-6-25-8-26-7-10)1-2-14(27)17(13)19(29)16(9)20(30)23(11,33)21(18)31/h1-2,6-9,11,27,29,31,33H,3-5H2,(H2,24,32). The molecule has 3 atom stereocenters. The van der Waals surface area contributed by atoms with Gasteiger partial charge in [-0.05, 0) is 36.0 Å². The summed E-state index contributed by atoms with van der Waals surface area (Å²) < 4.78 is 0. The maximum absolute atomic E-state index is 13.5. The van der Waals surface area contributed by atoms with E-state index in [4.69, 9.17) is 5.73 Å². The van der Waals surface area contributed by atoms with Gasteiger partial charge in [-0.3, -0.25) is 14.4 Å². The zero-order valence-electron chi connectivity index (χ0n) is 17.1. The van der Waals surface area contributed by atoms with Crippen molar-refractivity contribution >= 4 is 23.2 Å². The Morgan fingerprint density at radius 3 is 2.45 bits per heavy atom. The maximum Gasteiger partial charge on any atom is 0.255 e. The number of nitrogens with two attached hydrogens (primary N) is 1. The normalized spacial score (nSPS) is 26.6. The molecular weight excluding hydrogens is 430 g/mol. The van der Waals surface area contributed by atoms with Crippen molar-refractivity contribution in [3.8, 4) is 16.9 Å². The number of hydrogen-bond donors (Lipinski definition) is 5. The zero-order chi connectivity index (χ0) is 23.7. The molecule has 0 radical (unpaired) electrons. The van der Waals surface area contributed by atoms with Gasteiger partial charge >= 0.3 is 0 Å². The number of hydrogen-bond acceptors (Lipinski definition) is 9. The average molecular weight is 449 g/mol. The van der Waals surface area contributed by atoms with E-state index in [2.05, 4.69) is 9.97 Å². The Balaban J connectivity index is 1.72. The third-order valence-electron chi connectivity index (χ3n) is 6.82. The first-order chi connectivity index (χ1) is 15.7. The smallest absolute Gasteiger partial charge is 0.255 e. The number of fused-ring (bicyclic) bond motifs is 3. The summed E-state index contributed by atoms with van der Waals surface area (Å²) in [6.45, 7) is 0. The van der Waals surface area contributed by atoms with Crippen LogP contribution in [0.3, 0.4) is 0 Å². The number of primary amides is 1. The van der Waals surface area contributed by atoms with E-state index < -0.39 is 52.0 Å². The number of aromatic nitrogens is 2. The minimum absolute atomic E-state index is 0.0310. The molecule has 10 nitrogen and oxygen atoms in total. The number of amides is 1. The fraction of sp³-hybridized carbons (Fsp3) is 0.261. The van der Waals surface area contributed by atoms with Crippen molar-refractivity contribution in [3.05, 3.63) is 58.9 Å². The summed E-state index contributed by atoms with van der Waals surface area (Å²) in [5.41, 5.74) is 3.51. The minimum Gasteiger partial charge on any atom is -0.508 e. The molecule has 168 valence electrons. The molecule has 6 N–H and O–H groups in total. The van der Waals surface area contributed by atoms with Crippen molar-refractivity contribution in [2.45, 2.75) is 24.9 Å². The number of ketones is 2. The molecule has 1 heterocycles. The van der Waals surface area contributed by atoms with Crippen molar-refractivity contribution in [3.63, 3.8) is 0 Å². The van der Waals surface area contributed by atoms with Crippen LogP contribution in [0.5, 0.6) is 5.75 Å². The molecule has 33 heavy (non-hydrogen) atoms. The Bertz CT molecular complexity index is 1310. The second-order valence-electron chi connectivity index (χ2n) is 8.52. The molecule has 1 aromatic carbocycles. The number of nitrogens with zero attached hydrogens (tertiary/aromatic N) is 2. The fourth-order valence-corrected chi connectivity index (χ4v) is 5.33. The van der Waals surface area contributed by atoms with Crippen LogP contribution in [0.25, 0.3) is 16.9 Å². The monoisotopic (exact) mass is 449 g/mol. The summed E-state index contributed by atoms with van der Waals surface area (Å²) in [6.07, 6.45) is 4.45. The van der Waals surface area contributed by atoms with Crippen LogP contribution in [0.4, 0.5) is 0 Å². The van der Waals surface area contributed by atoms with Crippen molar-refractivity contribution in [2.75, 3.05) is 0 Å². The molecule has 3 aliphatic rings. The number of phenolic OH excluding ortho intramolecular Hbond substituents is 1. The summed E-state index contributed by atoms with van der Waals surface area (Å²) in [6, 6.07) is 3.02. The predicted molar refractivity (Wildman–Crippen MR) is 112 cm³/mol. The Kier molecular flexibility index (Phi) is 4.40. The highest BCUT2D eigenvalue weighted by molar-refractivity contribution is 6.22. The highest BCUT2D eigenvalue weighted by Gasteiger charge is 2.60. The fourth-order valence-electron chi connectivity index (χ4n) is 5.33. The number of aromatic hydroxyl groups is 1. The average Bonchev–Trinajstić information content (AvgIpc) is 2.76. The Hall–Kier alpha value is -4.05. The third-order valence-corrected chi connectivity index (χ3v) is 6.82. The van der Waals surface area contributed by atoms with Gasteiger partial charge in [-0.1, -0.05) is 6.07 Å². The molecule has 0 saturated heterocycles. The molecule has 1 fully saturated rings. The lowest BCUT2D eigenvalue weighted by Crippen LogP contribution is -2.58. The van der Waals surface area contributed by atoms with Crippen LogP contribution >= 0.6 is 0 Å². The lowest BCUT2D eigenvalue weighted by Gasteiger charge is -2.46. The van der Waals surface area contributed by atoms with Crippen molar-refractivity contribution < 1.29 is 34.8 Å². The van der Waals surface area contributed by atoms with E-state index in [1.165, 1.54) is 12.4 Å². The van der Waals surface area contributed by atoms with Gasteiger partial charge in [0.25, 0.3) is 5.91 Å². The van der Waals surface area contributed by atoms with E-state index in [-0.39, 0.29) is 36.1 Å². The van der Waals surface area contributed by atoms with Crippen LogP contribution < -0.4 is 5.73 Å². The first-order valence-electron chi connectivity index (χ1n) is 10.2. The van der Waals surface area contributed by atoms with Gasteiger partial charge in [-0.25, -0.2) is 9.97 Å². The molecule has 10 heteroatoms. The molecule has 0 aliphatic heterocycles. The minimum atomic E-state index is -2.57. The molecule has 0 bridgehead atoms. The van der Waals surface area contributed by atoms with Gasteiger partial charge in [0, 0.05) is 35.9 Å². The number of aliphatic hydroxyl groups is 3. The van der Waals surface area contributed by atoms with E-state index in [0.717, 1.165) is 0 Å². The van der Waals surface area contributed by atoms with E-state index in [9.17, 15) is 34.8 Å². The van der Waals surface area contributed by atoms with Gasteiger partial charge in [-0.15, -0.1) is 0 Å².